The van der Waals surface area contributed by atoms with Crippen molar-refractivity contribution in [2.24, 2.45) is 5.92 Å². The predicted molar refractivity (Wildman–Crippen MR) is 113 cm³/mol. The van der Waals surface area contributed by atoms with Crippen LogP contribution in [-0.4, -0.2) is 52.7 Å². The molecule has 3 saturated heterocycles. The first-order valence-electron chi connectivity index (χ1n) is 10.7. The number of alkyl carbamates (subject to hydrolysis) is 1. The summed E-state index contributed by atoms with van der Waals surface area (Å²) in [6, 6.07) is 8.81. The van der Waals surface area contributed by atoms with Gasteiger partial charge >= 0.3 is 6.09 Å². The normalized spacial score (nSPS) is 25.4. The molecule has 1 aromatic heterocycles. The lowest BCUT2D eigenvalue weighted by molar-refractivity contribution is -0.00373. The predicted octanol–water partition coefficient (Wildman–Crippen LogP) is 3.90. The van der Waals surface area contributed by atoms with Crippen LogP contribution in [-0.2, 0) is 4.74 Å². The Balaban J connectivity index is 1.46. The maximum Gasteiger partial charge on any atom is 0.407 e. The lowest BCUT2D eigenvalue weighted by Crippen LogP contribution is -2.54. The molecule has 0 spiro atoms. The van der Waals surface area contributed by atoms with Crippen molar-refractivity contribution in [1.29, 1.82) is 0 Å². The molecule has 1 N–H and O–H groups in total. The van der Waals surface area contributed by atoms with Crippen molar-refractivity contribution < 1.29 is 13.9 Å². The van der Waals surface area contributed by atoms with Gasteiger partial charge in [0, 0.05) is 35.8 Å². The first-order chi connectivity index (χ1) is 14.4. The Morgan fingerprint density at radius 2 is 2.07 bits per heavy atom. The van der Waals surface area contributed by atoms with Gasteiger partial charge in [-0.25, -0.2) is 19.2 Å². The highest BCUT2D eigenvalue weighted by atomic mass is 19.1. The smallest absolute Gasteiger partial charge is 0.407 e. The molecule has 2 aromatic rings. The van der Waals surface area contributed by atoms with Gasteiger partial charge in [-0.05, 0) is 76.4 Å². The lowest BCUT2D eigenvalue weighted by atomic mass is 9.74. The van der Waals surface area contributed by atoms with Crippen LogP contribution >= 0.6 is 0 Å². The third-order valence-corrected chi connectivity index (χ3v) is 6.07. The standard InChI is InChI=1S/C23H29FN4O2/c1-14(2)25-23(29)30-13-19-10-17-8-9-28(19)12-20(17)22-11-21(26-15(3)27-22)16-4-6-18(24)7-5-16/h4-7,11,14,17,19-20H,8-10,12-13H2,1-3H3,(H,25,29)/t17-,19+,20+/m0/s1. The number of carbonyl (C=O) groups excluding carboxylic acids is 1. The molecule has 5 rings (SSSR count). The average Bonchev–Trinajstić information content (AvgIpc) is 2.72. The molecule has 0 aliphatic carbocycles. The molecular formula is C23H29FN4O2. The molecule has 1 unspecified atom stereocenters. The van der Waals surface area contributed by atoms with Crippen molar-refractivity contribution in [3.63, 3.8) is 0 Å². The number of carbonyl (C=O) groups is 1. The topological polar surface area (TPSA) is 67.4 Å². The highest BCUT2D eigenvalue weighted by Gasteiger charge is 2.41. The number of nitrogens with one attached hydrogen (secondary N) is 1. The van der Waals surface area contributed by atoms with E-state index in [-0.39, 0.29) is 24.0 Å². The summed E-state index contributed by atoms with van der Waals surface area (Å²) in [4.78, 5) is 23.6. The second-order valence-corrected chi connectivity index (χ2v) is 8.67. The summed E-state index contributed by atoms with van der Waals surface area (Å²) in [5.41, 5.74) is 2.78. The molecule has 3 aliphatic heterocycles. The molecule has 1 aromatic carbocycles. The molecule has 3 aliphatic rings. The van der Waals surface area contributed by atoms with Gasteiger partial charge in [0.1, 0.15) is 18.2 Å². The van der Waals surface area contributed by atoms with Gasteiger partial charge in [-0.15, -0.1) is 0 Å². The third-order valence-electron chi connectivity index (χ3n) is 6.07. The zero-order chi connectivity index (χ0) is 21.3. The number of hydrogen-bond donors (Lipinski definition) is 1. The van der Waals surface area contributed by atoms with Gasteiger partial charge in [0.2, 0.25) is 0 Å². The summed E-state index contributed by atoms with van der Waals surface area (Å²) in [5.74, 6) is 1.32. The van der Waals surface area contributed by atoms with Crippen LogP contribution < -0.4 is 5.32 Å². The number of rotatable bonds is 5. The first kappa shape index (κ1) is 20.7. The summed E-state index contributed by atoms with van der Waals surface area (Å²) in [7, 11) is 0. The Kier molecular flexibility index (Phi) is 5.99. The van der Waals surface area contributed by atoms with Gasteiger partial charge in [-0.2, -0.15) is 0 Å². The zero-order valence-electron chi connectivity index (χ0n) is 17.8. The van der Waals surface area contributed by atoms with E-state index in [1.807, 2.05) is 26.8 Å². The minimum Gasteiger partial charge on any atom is -0.448 e. The quantitative estimate of drug-likeness (QED) is 0.807. The van der Waals surface area contributed by atoms with E-state index in [9.17, 15) is 9.18 Å². The summed E-state index contributed by atoms with van der Waals surface area (Å²) >= 11 is 0. The van der Waals surface area contributed by atoms with E-state index in [1.54, 1.807) is 12.1 Å². The fourth-order valence-corrected chi connectivity index (χ4v) is 4.65. The lowest BCUT2D eigenvalue weighted by Gasteiger charge is -2.49. The third kappa shape index (κ3) is 4.61. The highest BCUT2D eigenvalue weighted by molar-refractivity contribution is 5.67. The van der Waals surface area contributed by atoms with E-state index in [2.05, 4.69) is 15.2 Å². The van der Waals surface area contributed by atoms with Crippen molar-refractivity contribution in [1.82, 2.24) is 20.2 Å². The van der Waals surface area contributed by atoms with Crippen molar-refractivity contribution in [3.05, 3.63) is 47.7 Å². The second-order valence-electron chi connectivity index (χ2n) is 8.67. The van der Waals surface area contributed by atoms with Crippen LogP contribution in [0.25, 0.3) is 11.3 Å². The number of aromatic nitrogens is 2. The van der Waals surface area contributed by atoms with E-state index in [1.165, 1.54) is 12.1 Å². The monoisotopic (exact) mass is 412 g/mol. The molecule has 3 fully saturated rings. The van der Waals surface area contributed by atoms with Crippen LogP contribution in [0.15, 0.2) is 30.3 Å². The minimum absolute atomic E-state index is 0.0706. The number of hydrogen-bond acceptors (Lipinski definition) is 5. The maximum atomic E-state index is 13.3. The maximum absolute atomic E-state index is 13.3. The SMILES string of the molecule is Cc1nc(-c2ccc(F)cc2)cc([C@@H]2CN3CC[C@H]2C[C@@H]3COC(=O)NC(C)C)n1. The number of nitrogens with zero attached hydrogens (tertiary/aromatic N) is 3. The Bertz CT molecular complexity index is 903. The van der Waals surface area contributed by atoms with Crippen molar-refractivity contribution >= 4 is 6.09 Å². The number of halogens is 1. The molecular weight excluding hydrogens is 383 g/mol. The molecule has 7 heteroatoms. The summed E-state index contributed by atoms with van der Waals surface area (Å²) < 4.78 is 18.7. The summed E-state index contributed by atoms with van der Waals surface area (Å²) in [6.07, 6.45) is 1.77. The van der Waals surface area contributed by atoms with Gasteiger partial charge in [0.25, 0.3) is 0 Å². The Morgan fingerprint density at radius 1 is 1.30 bits per heavy atom. The molecule has 0 radical (unpaired) electrons. The van der Waals surface area contributed by atoms with E-state index in [0.29, 0.717) is 18.4 Å². The Morgan fingerprint density at radius 3 is 2.73 bits per heavy atom. The molecule has 6 nitrogen and oxygen atoms in total. The van der Waals surface area contributed by atoms with Gasteiger partial charge in [0.15, 0.2) is 0 Å². The van der Waals surface area contributed by atoms with Crippen molar-refractivity contribution in [2.45, 2.75) is 51.6 Å². The molecule has 2 bridgehead atoms. The molecule has 30 heavy (non-hydrogen) atoms. The van der Waals surface area contributed by atoms with Gasteiger partial charge in [0.05, 0.1) is 5.69 Å². The number of ether oxygens (including phenoxy) is 1. The minimum atomic E-state index is -0.348. The van der Waals surface area contributed by atoms with E-state index in [4.69, 9.17) is 9.72 Å². The first-order valence-corrected chi connectivity index (χ1v) is 10.7. The van der Waals surface area contributed by atoms with Crippen LogP contribution in [0.5, 0.6) is 0 Å². The van der Waals surface area contributed by atoms with Crippen LogP contribution in [0.2, 0.25) is 0 Å². The number of aryl methyl sites for hydroxylation is 1. The highest BCUT2D eigenvalue weighted by Crippen LogP contribution is 2.41. The fourth-order valence-electron chi connectivity index (χ4n) is 4.65. The van der Waals surface area contributed by atoms with Crippen LogP contribution in [0.3, 0.4) is 0 Å². The van der Waals surface area contributed by atoms with Gasteiger partial charge in [-0.3, -0.25) is 4.90 Å². The second kappa shape index (κ2) is 8.68. The van der Waals surface area contributed by atoms with Crippen LogP contribution in [0.4, 0.5) is 9.18 Å². The molecule has 160 valence electrons. The molecule has 4 atom stereocenters. The Hall–Kier alpha value is -2.54. The number of amides is 1. The van der Waals surface area contributed by atoms with Crippen LogP contribution in [0, 0.1) is 18.7 Å². The van der Waals surface area contributed by atoms with E-state index >= 15 is 0 Å². The number of fused-ring (bicyclic) bond motifs is 3. The largest absolute Gasteiger partial charge is 0.448 e. The summed E-state index contributed by atoms with van der Waals surface area (Å²) in [5, 5.41) is 2.77. The van der Waals surface area contributed by atoms with Crippen LogP contribution in [0.1, 0.15) is 44.1 Å². The average molecular weight is 413 g/mol. The zero-order valence-corrected chi connectivity index (χ0v) is 17.8. The molecule has 1 amide bonds. The molecule has 0 saturated carbocycles. The van der Waals surface area contributed by atoms with Crippen molar-refractivity contribution in [3.8, 4) is 11.3 Å². The van der Waals surface area contributed by atoms with E-state index < -0.39 is 0 Å². The molecule has 4 heterocycles. The fraction of sp³-hybridized carbons (Fsp3) is 0.522. The summed E-state index contributed by atoms with van der Waals surface area (Å²) in [6.45, 7) is 8.09. The van der Waals surface area contributed by atoms with Crippen molar-refractivity contribution in [2.75, 3.05) is 19.7 Å². The van der Waals surface area contributed by atoms with E-state index in [0.717, 1.165) is 48.7 Å². The van der Waals surface area contributed by atoms with Gasteiger partial charge < -0.3 is 10.1 Å². The Labute approximate surface area is 176 Å². The van der Waals surface area contributed by atoms with Gasteiger partial charge in [-0.1, -0.05) is 0 Å². The number of benzene rings is 1. The number of piperidine rings is 3.